The minimum Gasteiger partial charge on any atom is -0.479 e. The second-order valence-electron chi connectivity index (χ2n) is 10.1. The van der Waals surface area contributed by atoms with Gasteiger partial charge < -0.3 is 29.9 Å². The third kappa shape index (κ3) is 4.63. The molecule has 1 aliphatic heterocycles. The Bertz CT molecular complexity index is 1570. The monoisotopic (exact) mass is 548 g/mol. The number of nitrogen functional groups attached to an aromatic ring is 1. The Labute approximate surface area is 228 Å². The number of rotatable bonds is 7. The van der Waals surface area contributed by atoms with E-state index in [1.807, 2.05) is 13.8 Å². The number of aromatic nitrogens is 7. The number of carboxylic acid groups (broad SMARTS) is 1. The van der Waals surface area contributed by atoms with Crippen LogP contribution in [-0.4, -0.2) is 89.7 Å². The SMILES string of the molecule is CC(C)n1nc(-c2noc(C3CC3)c2-c2ncc(N3CCN(C(=O)OCC(=O)O)CC3)cn2)c2c(N)ncnc21. The highest BCUT2D eigenvalue weighted by Crippen LogP contribution is 2.47. The Morgan fingerprint density at radius 2 is 1.82 bits per heavy atom. The molecule has 1 amide bonds. The van der Waals surface area contributed by atoms with Crippen LogP contribution in [0.5, 0.6) is 0 Å². The molecule has 1 aliphatic carbocycles. The molecule has 1 saturated heterocycles. The number of nitrogens with zero attached hydrogens (tertiary/aromatic N) is 9. The Hall–Kier alpha value is -4.82. The minimum absolute atomic E-state index is 0.0267. The molecule has 0 unspecified atom stereocenters. The lowest BCUT2D eigenvalue weighted by Crippen LogP contribution is -2.49. The van der Waals surface area contributed by atoms with Crippen LogP contribution in [0.1, 0.15) is 44.4 Å². The number of anilines is 2. The summed E-state index contributed by atoms with van der Waals surface area (Å²) < 4.78 is 12.4. The largest absolute Gasteiger partial charge is 0.479 e. The maximum Gasteiger partial charge on any atom is 0.410 e. The van der Waals surface area contributed by atoms with E-state index in [0.717, 1.165) is 24.3 Å². The molecule has 0 bridgehead atoms. The Morgan fingerprint density at radius 1 is 1.10 bits per heavy atom. The van der Waals surface area contributed by atoms with Gasteiger partial charge in [-0.1, -0.05) is 5.16 Å². The first kappa shape index (κ1) is 25.5. The lowest BCUT2D eigenvalue weighted by atomic mass is 10.1. The summed E-state index contributed by atoms with van der Waals surface area (Å²) in [6.45, 7) is 5.18. The topological polar surface area (TPSA) is 192 Å². The van der Waals surface area contributed by atoms with E-state index in [4.69, 9.17) is 25.2 Å². The molecule has 0 radical (unpaired) electrons. The second kappa shape index (κ2) is 10.1. The summed E-state index contributed by atoms with van der Waals surface area (Å²) in [6.07, 6.45) is 6.23. The molecule has 15 nitrogen and oxygen atoms in total. The summed E-state index contributed by atoms with van der Waals surface area (Å²) in [4.78, 5) is 44.2. The van der Waals surface area contributed by atoms with Gasteiger partial charge in [0, 0.05) is 38.1 Å². The van der Waals surface area contributed by atoms with E-state index in [1.54, 1.807) is 17.1 Å². The number of piperazine rings is 1. The van der Waals surface area contributed by atoms with E-state index in [0.29, 0.717) is 65.8 Å². The number of fused-ring (bicyclic) bond motifs is 1. The van der Waals surface area contributed by atoms with Gasteiger partial charge in [-0.3, -0.25) is 0 Å². The van der Waals surface area contributed by atoms with Crippen LogP contribution in [-0.2, 0) is 9.53 Å². The van der Waals surface area contributed by atoms with Crippen molar-refractivity contribution in [2.75, 3.05) is 43.4 Å². The summed E-state index contributed by atoms with van der Waals surface area (Å²) in [5, 5.41) is 18.5. The van der Waals surface area contributed by atoms with Crippen LogP contribution in [0.3, 0.4) is 0 Å². The lowest BCUT2D eigenvalue weighted by Gasteiger charge is -2.35. The summed E-state index contributed by atoms with van der Waals surface area (Å²) in [5.41, 5.74) is 9.38. The van der Waals surface area contributed by atoms with E-state index in [-0.39, 0.29) is 12.0 Å². The van der Waals surface area contributed by atoms with Crippen molar-refractivity contribution in [3.8, 4) is 22.8 Å². The zero-order chi connectivity index (χ0) is 28.0. The summed E-state index contributed by atoms with van der Waals surface area (Å²) in [7, 11) is 0. The number of nitrogens with two attached hydrogens (primary N) is 1. The number of hydrogen-bond acceptors (Lipinski definition) is 12. The van der Waals surface area contributed by atoms with Crippen LogP contribution in [0.2, 0.25) is 0 Å². The normalized spacial score (nSPS) is 15.7. The number of ether oxygens (including phenoxy) is 1. The molecular formula is C25H28N10O5. The quantitative estimate of drug-likeness (QED) is 0.342. The number of carbonyl (C=O) groups is 2. The molecule has 0 aromatic carbocycles. The predicted molar refractivity (Wildman–Crippen MR) is 141 cm³/mol. The summed E-state index contributed by atoms with van der Waals surface area (Å²) >= 11 is 0. The Kier molecular flexibility index (Phi) is 6.40. The third-order valence-electron chi connectivity index (χ3n) is 6.98. The standard InChI is InChI=1S/C25H28N10O5/c1-13(2)35-24-18(22(26)29-12-30-24)19(31-35)20-17(21(40-32-20)14-3-4-14)23-27-9-15(10-28-23)33-5-7-34(8-6-33)25(38)39-11-16(36)37/h9-10,12-14H,3-8,11H2,1-2H3,(H,36,37)(H2,26,29,30). The average Bonchev–Trinajstić information content (AvgIpc) is 3.58. The van der Waals surface area contributed by atoms with Crippen molar-refractivity contribution < 1.29 is 24.0 Å². The van der Waals surface area contributed by atoms with Crippen LogP contribution >= 0.6 is 0 Å². The van der Waals surface area contributed by atoms with Crippen LogP contribution in [0.4, 0.5) is 16.3 Å². The van der Waals surface area contributed by atoms with Crippen LogP contribution in [0.25, 0.3) is 33.8 Å². The van der Waals surface area contributed by atoms with Gasteiger partial charge in [-0.25, -0.2) is 34.2 Å². The predicted octanol–water partition coefficient (Wildman–Crippen LogP) is 2.32. The van der Waals surface area contributed by atoms with Crippen molar-refractivity contribution in [3.63, 3.8) is 0 Å². The van der Waals surface area contributed by atoms with Gasteiger partial charge in [0.1, 0.15) is 23.5 Å². The highest BCUT2D eigenvalue weighted by atomic mass is 16.6. The second-order valence-corrected chi connectivity index (χ2v) is 10.1. The Balaban J connectivity index is 1.29. The summed E-state index contributed by atoms with van der Waals surface area (Å²) in [6, 6.07) is 0.0267. The molecule has 1 saturated carbocycles. The first-order valence-electron chi connectivity index (χ1n) is 13.0. The molecule has 0 spiro atoms. The van der Waals surface area contributed by atoms with Gasteiger partial charge in [-0.15, -0.1) is 0 Å². The van der Waals surface area contributed by atoms with Crippen molar-refractivity contribution in [3.05, 3.63) is 24.5 Å². The van der Waals surface area contributed by atoms with E-state index in [2.05, 4.69) is 30.0 Å². The average molecular weight is 549 g/mol. The van der Waals surface area contributed by atoms with Crippen LogP contribution in [0.15, 0.2) is 23.2 Å². The number of aliphatic carboxylic acids is 1. The number of carboxylic acids is 1. The van der Waals surface area contributed by atoms with E-state index in [1.165, 1.54) is 11.2 Å². The van der Waals surface area contributed by atoms with Crippen molar-refractivity contribution >= 4 is 34.6 Å². The molecule has 15 heteroatoms. The van der Waals surface area contributed by atoms with Gasteiger partial charge in [0.25, 0.3) is 0 Å². The van der Waals surface area contributed by atoms with E-state index >= 15 is 0 Å². The van der Waals surface area contributed by atoms with Gasteiger partial charge in [-0.05, 0) is 26.7 Å². The van der Waals surface area contributed by atoms with Crippen LogP contribution < -0.4 is 10.6 Å². The third-order valence-corrected chi connectivity index (χ3v) is 6.98. The molecule has 208 valence electrons. The molecule has 2 fully saturated rings. The van der Waals surface area contributed by atoms with Crippen LogP contribution in [0, 0.1) is 0 Å². The fourth-order valence-electron chi connectivity index (χ4n) is 4.80. The zero-order valence-electron chi connectivity index (χ0n) is 22.0. The van der Waals surface area contributed by atoms with E-state index < -0.39 is 18.7 Å². The van der Waals surface area contributed by atoms with Gasteiger partial charge in [-0.2, -0.15) is 5.10 Å². The molecule has 3 N–H and O–H groups in total. The number of carbonyl (C=O) groups excluding carboxylic acids is 1. The molecule has 0 atom stereocenters. The number of amides is 1. The minimum atomic E-state index is -1.19. The maximum atomic E-state index is 12.1. The first-order chi connectivity index (χ1) is 19.3. The van der Waals surface area contributed by atoms with Gasteiger partial charge in [0.15, 0.2) is 23.8 Å². The van der Waals surface area contributed by atoms with Gasteiger partial charge >= 0.3 is 12.1 Å². The maximum absolute atomic E-state index is 12.1. The van der Waals surface area contributed by atoms with Gasteiger partial charge in [0.05, 0.1) is 29.0 Å². The fourth-order valence-corrected chi connectivity index (χ4v) is 4.80. The van der Waals surface area contributed by atoms with Crippen molar-refractivity contribution in [2.24, 2.45) is 0 Å². The Morgan fingerprint density at radius 3 is 2.48 bits per heavy atom. The van der Waals surface area contributed by atoms with Gasteiger partial charge in [0.2, 0.25) is 0 Å². The highest BCUT2D eigenvalue weighted by molar-refractivity contribution is 6.00. The molecule has 40 heavy (non-hydrogen) atoms. The van der Waals surface area contributed by atoms with Crippen molar-refractivity contribution in [2.45, 2.75) is 38.6 Å². The van der Waals surface area contributed by atoms with Crippen molar-refractivity contribution in [1.82, 2.24) is 39.8 Å². The molecule has 4 aromatic heterocycles. The molecule has 4 aromatic rings. The van der Waals surface area contributed by atoms with E-state index in [9.17, 15) is 9.59 Å². The molecule has 2 aliphatic rings. The lowest BCUT2D eigenvalue weighted by molar-refractivity contribution is -0.140. The zero-order valence-corrected chi connectivity index (χ0v) is 22.0. The fraction of sp³-hybridized carbons (Fsp3) is 0.440. The highest BCUT2D eigenvalue weighted by Gasteiger charge is 2.36. The number of hydrogen-bond donors (Lipinski definition) is 2. The molecular weight excluding hydrogens is 520 g/mol. The first-order valence-corrected chi connectivity index (χ1v) is 13.0. The molecule has 6 rings (SSSR count). The summed E-state index contributed by atoms with van der Waals surface area (Å²) in [5.74, 6) is 0.527. The van der Waals surface area contributed by atoms with Crippen molar-refractivity contribution in [1.29, 1.82) is 0 Å². The molecule has 5 heterocycles. The smallest absolute Gasteiger partial charge is 0.410 e.